The molecule has 1 aromatic carbocycles. The Morgan fingerprint density at radius 2 is 1.60 bits per heavy atom. The number of aliphatic imine (C=N–C) groups is 1. The van der Waals surface area contributed by atoms with Crippen molar-refractivity contribution in [2.45, 2.75) is 43.8 Å². The first kappa shape index (κ1) is 28.8. The first-order valence-electron chi connectivity index (χ1n) is 10.7. The molecule has 11 N–H and O–H groups in total. The number of hydrogen-bond donors (Lipinski definition) is 8. The third kappa shape index (κ3) is 12.0. The van der Waals surface area contributed by atoms with Gasteiger partial charge < -0.3 is 43.4 Å². The van der Waals surface area contributed by atoms with Crippen LogP contribution in [0.5, 0.6) is 0 Å². The number of carbonyl (C=O) groups is 5. The van der Waals surface area contributed by atoms with Crippen molar-refractivity contribution in [1.29, 1.82) is 0 Å². The van der Waals surface area contributed by atoms with Gasteiger partial charge in [0.25, 0.3) is 0 Å². The van der Waals surface area contributed by atoms with Gasteiger partial charge in [-0.2, -0.15) is 0 Å². The predicted octanol–water partition coefficient (Wildman–Crippen LogP) is -2.74. The largest absolute Gasteiger partial charge is 0.481 e. The summed E-state index contributed by atoms with van der Waals surface area (Å²) in [5.41, 5.74) is 16.9. The van der Waals surface area contributed by atoms with Crippen molar-refractivity contribution in [2.24, 2.45) is 22.2 Å². The summed E-state index contributed by atoms with van der Waals surface area (Å²) in [6.07, 6.45) is -0.136. The van der Waals surface area contributed by atoms with Gasteiger partial charge in [0, 0.05) is 13.0 Å². The van der Waals surface area contributed by atoms with Crippen LogP contribution in [0, 0.1) is 0 Å². The Balaban J connectivity index is 2.74. The van der Waals surface area contributed by atoms with Gasteiger partial charge in [-0.25, -0.2) is 4.79 Å². The number of amides is 3. The summed E-state index contributed by atoms with van der Waals surface area (Å²) in [5.74, 6) is -5.25. The van der Waals surface area contributed by atoms with Crippen LogP contribution < -0.4 is 33.2 Å². The number of nitrogens with zero attached hydrogens (tertiary/aromatic N) is 1. The van der Waals surface area contributed by atoms with Crippen molar-refractivity contribution in [3.05, 3.63) is 35.9 Å². The van der Waals surface area contributed by atoms with Crippen molar-refractivity contribution in [3.8, 4) is 0 Å². The fourth-order valence-electron chi connectivity index (χ4n) is 2.90. The number of nitrogens with one attached hydrogen (secondary N) is 3. The molecule has 3 unspecified atom stereocenters. The van der Waals surface area contributed by atoms with Crippen LogP contribution in [0.1, 0.15) is 24.8 Å². The van der Waals surface area contributed by atoms with E-state index in [0.717, 1.165) is 0 Å². The molecule has 14 heteroatoms. The van der Waals surface area contributed by atoms with Crippen LogP contribution in [-0.2, 0) is 30.4 Å². The lowest BCUT2D eigenvalue weighted by molar-refractivity contribution is -0.147. The fourth-order valence-corrected chi connectivity index (χ4v) is 2.90. The molecule has 192 valence electrons. The number of rotatable bonds is 15. The van der Waals surface area contributed by atoms with Crippen LogP contribution in [0.4, 0.5) is 0 Å². The number of nitrogens with two attached hydrogens (primary N) is 3. The third-order valence-corrected chi connectivity index (χ3v) is 4.66. The summed E-state index contributed by atoms with van der Waals surface area (Å²) in [7, 11) is 0. The highest BCUT2D eigenvalue weighted by atomic mass is 16.4. The van der Waals surface area contributed by atoms with E-state index in [1.807, 2.05) is 0 Å². The smallest absolute Gasteiger partial charge is 0.326 e. The molecule has 0 fully saturated rings. The first-order valence-corrected chi connectivity index (χ1v) is 10.7. The van der Waals surface area contributed by atoms with Crippen LogP contribution in [0.3, 0.4) is 0 Å². The predicted molar refractivity (Wildman–Crippen MR) is 125 cm³/mol. The molecule has 0 bridgehead atoms. The lowest BCUT2D eigenvalue weighted by Gasteiger charge is -2.21. The molecule has 0 saturated carbocycles. The molecule has 0 aliphatic carbocycles. The van der Waals surface area contributed by atoms with Crippen LogP contribution in [0.15, 0.2) is 35.3 Å². The molecule has 1 rings (SSSR count). The van der Waals surface area contributed by atoms with Gasteiger partial charge in [-0.05, 0) is 18.4 Å². The minimum absolute atomic E-state index is 0.00389. The number of benzene rings is 1. The standard InChI is InChI=1S/C21H31N7O7/c22-13(7-4-8-25-21(23)24)18(32)26-11-16(29)27-14(9-12-5-2-1-3-6-12)19(33)28-15(20(34)35)10-17(30)31/h1-3,5-6,13-15H,4,7-11,22H2,(H,26,32)(H,27,29)(H,28,33)(H,30,31)(H,34,35)(H4,23,24,25). The van der Waals surface area contributed by atoms with Crippen molar-refractivity contribution in [3.63, 3.8) is 0 Å². The van der Waals surface area contributed by atoms with Gasteiger partial charge in [-0.1, -0.05) is 30.3 Å². The molecule has 3 amide bonds. The van der Waals surface area contributed by atoms with E-state index in [4.69, 9.17) is 22.3 Å². The van der Waals surface area contributed by atoms with Crippen LogP contribution in [0.2, 0.25) is 0 Å². The molecule has 0 aromatic heterocycles. The van der Waals surface area contributed by atoms with Crippen LogP contribution in [0.25, 0.3) is 0 Å². The van der Waals surface area contributed by atoms with Crippen LogP contribution >= 0.6 is 0 Å². The fraction of sp³-hybridized carbons (Fsp3) is 0.429. The molecule has 14 nitrogen and oxygen atoms in total. The van der Waals surface area contributed by atoms with Gasteiger partial charge in [0.05, 0.1) is 19.0 Å². The number of carboxylic acids is 2. The second kappa shape index (κ2) is 14.8. The Morgan fingerprint density at radius 3 is 2.17 bits per heavy atom. The topological polar surface area (TPSA) is 252 Å². The molecule has 35 heavy (non-hydrogen) atoms. The Labute approximate surface area is 201 Å². The number of guanidine groups is 1. The second-order valence-corrected chi connectivity index (χ2v) is 7.58. The summed E-state index contributed by atoms with van der Waals surface area (Å²) in [4.78, 5) is 63.2. The minimum Gasteiger partial charge on any atom is -0.481 e. The van der Waals surface area contributed by atoms with Gasteiger partial charge in [0.15, 0.2) is 5.96 Å². The number of hydrogen-bond acceptors (Lipinski definition) is 7. The van der Waals surface area contributed by atoms with Gasteiger partial charge in [-0.3, -0.25) is 24.2 Å². The van der Waals surface area contributed by atoms with E-state index in [-0.39, 0.29) is 18.8 Å². The molecular weight excluding hydrogens is 462 g/mol. The highest BCUT2D eigenvalue weighted by molar-refractivity contribution is 5.93. The van der Waals surface area contributed by atoms with E-state index in [1.54, 1.807) is 30.3 Å². The van der Waals surface area contributed by atoms with E-state index in [0.29, 0.717) is 18.5 Å². The van der Waals surface area contributed by atoms with Crippen molar-refractivity contribution in [1.82, 2.24) is 16.0 Å². The number of carbonyl (C=O) groups excluding carboxylic acids is 3. The Morgan fingerprint density at radius 1 is 0.943 bits per heavy atom. The monoisotopic (exact) mass is 493 g/mol. The highest BCUT2D eigenvalue weighted by Crippen LogP contribution is 2.05. The third-order valence-electron chi connectivity index (χ3n) is 4.66. The van der Waals surface area contributed by atoms with Crippen LogP contribution in [-0.4, -0.2) is 77.0 Å². The van der Waals surface area contributed by atoms with E-state index in [2.05, 4.69) is 20.9 Å². The molecular formula is C21H31N7O7. The zero-order valence-electron chi connectivity index (χ0n) is 19.0. The first-order chi connectivity index (χ1) is 16.5. The maximum absolute atomic E-state index is 12.7. The molecule has 0 saturated heterocycles. The molecule has 1 aromatic rings. The lowest BCUT2D eigenvalue weighted by atomic mass is 10.0. The van der Waals surface area contributed by atoms with Crippen molar-refractivity contribution < 1.29 is 34.2 Å². The number of carboxylic acid groups (broad SMARTS) is 2. The van der Waals surface area contributed by atoms with Gasteiger partial charge in [0.1, 0.15) is 12.1 Å². The van der Waals surface area contributed by atoms with Gasteiger partial charge in [0.2, 0.25) is 17.7 Å². The van der Waals surface area contributed by atoms with E-state index in [1.165, 1.54) is 0 Å². The summed E-state index contributed by atoms with van der Waals surface area (Å²) >= 11 is 0. The zero-order chi connectivity index (χ0) is 26.4. The maximum atomic E-state index is 12.7. The summed E-state index contributed by atoms with van der Waals surface area (Å²) < 4.78 is 0. The minimum atomic E-state index is -1.69. The normalized spacial score (nSPS) is 12.9. The highest BCUT2D eigenvalue weighted by Gasteiger charge is 2.28. The summed E-state index contributed by atoms with van der Waals surface area (Å²) in [5, 5.41) is 25.0. The Bertz CT molecular complexity index is 920. The lowest BCUT2D eigenvalue weighted by Crippen LogP contribution is -2.54. The molecule has 0 spiro atoms. The molecule has 0 aliphatic heterocycles. The SMILES string of the molecule is NC(N)=NCCCC(N)C(=O)NCC(=O)NC(Cc1ccccc1)C(=O)NC(CC(=O)O)C(=O)O. The summed E-state index contributed by atoms with van der Waals surface area (Å²) in [6.45, 7) is -0.199. The Kier molecular flexibility index (Phi) is 12.2. The zero-order valence-corrected chi connectivity index (χ0v) is 19.0. The average molecular weight is 494 g/mol. The molecule has 0 aliphatic rings. The van der Waals surface area contributed by atoms with E-state index >= 15 is 0 Å². The molecule has 3 atom stereocenters. The molecule has 0 heterocycles. The average Bonchev–Trinajstić information content (AvgIpc) is 2.79. The van der Waals surface area contributed by atoms with Gasteiger partial charge >= 0.3 is 11.9 Å². The molecule has 0 radical (unpaired) electrons. The van der Waals surface area contributed by atoms with Crippen molar-refractivity contribution >= 4 is 35.6 Å². The summed E-state index contributed by atoms with van der Waals surface area (Å²) in [6, 6.07) is 4.74. The van der Waals surface area contributed by atoms with Gasteiger partial charge in [-0.15, -0.1) is 0 Å². The Hall–Kier alpha value is -4.20. The van der Waals surface area contributed by atoms with E-state index < -0.39 is 60.8 Å². The second-order valence-electron chi connectivity index (χ2n) is 7.58. The van der Waals surface area contributed by atoms with Crippen molar-refractivity contribution in [2.75, 3.05) is 13.1 Å². The quantitative estimate of drug-likeness (QED) is 0.0710. The van der Waals surface area contributed by atoms with E-state index in [9.17, 15) is 29.1 Å². The number of aliphatic carboxylic acids is 2. The maximum Gasteiger partial charge on any atom is 0.326 e.